The van der Waals surface area contributed by atoms with Crippen molar-refractivity contribution in [3.63, 3.8) is 0 Å². The van der Waals surface area contributed by atoms with Crippen LogP contribution in [0.5, 0.6) is 0 Å². The largest absolute Gasteiger partial charge is 0.311 e. The third kappa shape index (κ3) is 4.27. The normalized spacial score (nSPS) is 16.6. The van der Waals surface area contributed by atoms with Gasteiger partial charge >= 0.3 is 0 Å². The van der Waals surface area contributed by atoms with Crippen LogP contribution in [0.15, 0.2) is 24.3 Å². The maximum Gasteiger partial charge on any atom is 0.0406 e. The molecule has 0 spiro atoms. The molecule has 0 amide bonds. The summed E-state index contributed by atoms with van der Waals surface area (Å²) >= 11 is 5.86. The monoisotopic (exact) mass is 266 g/mol. The summed E-state index contributed by atoms with van der Waals surface area (Å²) in [4.78, 5) is 2.50. The van der Waals surface area contributed by atoms with E-state index in [1.165, 1.54) is 31.2 Å². The Hall–Kier alpha value is -0.570. The maximum absolute atomic E-state index is 5.86. The number of likely N-dealkylation sites (N-methyl/N-ethyl adjacent to an activating group) is 1. The number of rotatable bonds is 6. The highest BCUT2D eigenvalue weighted by molar-refractivity contribution is 6.30. The highest BCUT2D eigenvalue weighted by Gasteiger charge is 2.18. The number of halogens is 1. The van der Waals surface area contributed by atoms with Crippen molar-refractivity contribution >= 4 is 11.6 Å². The Labute approximate surface area is 115 Å². The van der Waals surface area contributed by atoms with Gasteiger partial charge in [0.2, 0.25) is 0 Å². The number of hydrogen-bond acceptors (Lipinski definition) is 2. The predicted molar refractivity (Wildman–Crippen MR) is 78.0 cm³/mol. The van der Waals surface area contributed by atoms with Gasteiger partial charge in [-0.05, 0) is 37.6 Å². The number of benzene rings is 1. The fraction of sp³-hybridized carbons (Fsp3) is 0.600. The zero-order valence-corrected chi connectivity index (χ0v) is 11.9. The molecule has 1 saturated carbocycles. The van der Waals surface area contributed by atoms with Crippen molar-refractivity contribution in [2.75, 3.05) is 20.1 Å². The molecular formula is C15H23ClN2. The Kier molecular flexibility index (Phi) is 5.48. The molecule has 0 saturated heterocycles. The third-order valence-corrected chi connectivity index (χ3v) is 4.08. The van der Waals surface area contributed by atoms with Crippen LogP contribution in [0.2, 0.25) is 5.02 Å². The first-order valence-corrected chi connectivity index (χ1v) is 7.29. The standard InChI is InChI=1S/C15H23ClN2/c1-18(15-4-2-3-5-15)11-10-17-12-13-6-8-14(16)9-7-13/h6-9,15,17H,2-5,10-12H2,1H3. The quantitative estimate of drug-likeness (QED) is 0.795. The average Bonchev–Trinajstić information content (AvgIpc) is 2.90. The molecular weight excluding hydrogens is 244 g/mol. The van der Waals surface area contributed by atoms with Crippen molar-refractivity contribution in [2.24, 2.45) is 0 Å². The van der Waals surface area contributed by atoms with Crippen molar-refractivity contribution in [1.82, 2.24) is 10.2 Å². The predicted octanol–water partition coefficient (Wildman–Crippen LogP) is 3.30. The summed E-state index contributed by atoms with van der Waals surface area (Å²) in [5, 5.41) is 4.30. The van der Waals surface area contributed by atoms with Crippen LogP contribution in [0, 0.1) is 0 Å². The van der Waals surface area contributed by atoms with Crippen molar-refractivity contribution in [1.29, 1.82) is 0 Å². The van der Waals surface area contributed by atoms with Gasteiger partial charge in [0.25, 0.3) is 0 Å². The molecule has 1 aromatic carbocycles. The van der Waals surface area contributed by atoms with Crippen LogP contribution in [0.25, 0.3) is 0 Å². The molecule has 1 aliphatic rings. The first-order chi connectivity index (χ1) is 8.75. The topological polar surface area (TPSA) is 15.3 Å². The van der Waals surface area contributed by atoms with Gasteiger partial charge in [0.1, 0.15) is 0 Å². The minimum absolute atomic E-state index is 0.805. The first-order valence-electron chi connectivity index (χ1n) is 6.91. The maximum atomic E-state index is 5.86. The molecule has 1 aliphatic carbocycles. The molecule has 0 aliphatic heterocycles. The van der Waals surface area contributed by atoms with Crippen LogP contribution < -0.4 is 5.32 Å². The van der Waals surface area contributed by atoms with Crippen LogP contribution in [0.1, 0.15) is 31.2 Å². The van der Waals surface area contributed by atoms with E-state index in [0.29, 0.717) is 0 Å². The van der Waals surface area contributed by atoms with Gasteiger partial charge in [-0.3, -0.25) is 0 Å². The van der Waals surface area contributed by atoms with Crippen molar-refractivity contribution < 1.29 is 0 Å². The van der Waals surface area contributed by atoms with Gasteiger partial charge in [-0.2, -0.15) is 0 Å². The molecule has 0 radical (unpaired) electrons. The Morgan fingerprint density at radius 1 is 1.22 bits per heavy atom. The first kappa shape index (κ1) is 13.9. The van der Waals surface area contributed by atoms with Gasteiger partial charge in [-0.25, -0.2) is 0 Å². The van der Waals surface area contributed by atoms with Gasteiger partial charge in [0.05, 0.1) is 0 Å². The summed E-state index contributed by atoms with van der Waals surface area (Å²) in [6, 6.07) is 8.88. The van der Waals surface area contributed by atoms with E-state index in [9.17, 15) is 0 Å². The summed E-state index contributed by atoms with van der Waals surface area (Å²) in [7, 11) is 2.25. The number of nitrogens with zero attached hydrogens (tertiary/aromatic N) is 1. The molecule has 1 aromatic rings. The minimum atomic E-state index is 0.805. The highest BCUT2D eigenvalue weighted by Crippen LogP contribution is 2.21. The number of hydrogen-bond donors (Lipinski definition) is 1. The molecule has 0 aromatic heterocycles. The lowest BCUT2D eigenvalue weighted by atomic mass is 10.2. The van der Waals surface area contributed by atoms with E-state index in [4.69, 9.17) is 11.6 Å². The van der Waals surface area contributed by atoms with Crippen molar-refractivity contribution in [2.45, 2.75) is 38.3 Å². The average molecular weight is 267 g/mol. The van der Waals surface area contributed by atoms with Gasteiger partial charge < -0.3 is 10.2 Å². The van der Waals surface area contributed by atoms with E-state index in [2.05, 4.69) is 29.4 Å². The molecule has 0 bridgehead atoms. The summed E-state index contributed by atoms with van der Waals surface area (Å²) < 4.78 is 0. The molecule has 2 rings (SSSR count). The summed E-state index contributed by atoms with van der Waals surface area (Å²) in [6.07, 6.45) is 5.59. The van der Waals surface area contributed by atoms with Crippen LogP contribution >= 0.6 is 11.6 Å². The molecule has 3 heteroatoms. The van der Waals surface area contributed by atoms with Gasteiger partial charge in [-0.15, -0.1) is 0 Å². The molecule has 0 unspecified atom stereocenters. The number of nitrogens with one attached hydrogen (secondary N) is 1. The van der Waals surface area contributed by atoms with E-state index < -0.39 is 0 Å². The van der Waals surface area contributed by atoms with Gasteiger partial charge in [0.15, 0.2) is 0 Å². The summed E-state index contributed by atoms with van der Waals surface area (Å²) in [5.74, 6) is 0. The lowest BCUT2D eigenvalue weighted by Gasteiger charge is -2.23. The molecule has 0 atom stereocenters. The molecule has 1 fully saturated rings. The second kappa shape index (κ2) is 7.13. The van der Waals surface area contributed by atoms with E-state index in [1.54, 1.807) is 0 Å². The fourth-order valence-corrected chi connectivity index (χ4v) is 2.74. The van der Waals surface area contributed by atoms with Crippen molar-refractivity contribution in [3.8, 4) is 0 Å². The van der Waals surface area contributed by atoms with Crippen LogP contribution in [0.3, 0.4) is 0 Å². The zero-order valence-electron chi connectivity index (χ0n) is 11.2. The van der Waals surface area contributed by atoms with Crippen LogP contribution in [-0.2, 0) is 6.54 Å². The molecule has 0 heterocycles. The Balaban J connectivity index is 1.62. The smallest absolute Gasteiger partial charge is 0.0406 e. The van der Waals surface area contributed by atoms with Gasteiger partial charge in [0, 0.05) is 30.7 Å². The lowest BCUT2D eigenvalue weighted by molar-refractivity contribution is 0.245. The SMILES string of the molecule is CN(CCNCc1ccc(Cl)cc1)C1CCCC1. The van der Waals surface area contributed by atoms with Gasteiger partial charge in [-0.1, -0.05) is 36.6 Å². The lowest BCUT2D eigenvalue weighted by Crippen LogP contribution is -2.35. The molecule has 100 valence electrons. The Morgan fingerprint density at radius 3 is 2.56 bits per heavy atom. The molecule has 1 N–H and O–H groups in total. The van der Waals surface area contributed by atoms with E-state index in [1.807, 2.05) is 12.1 Å². The third-order valence-electron chi connectivity index (χ3n) is 3.83. The Morgan fingerprint density at radius 2 is 1.89 bits per heavy atom. The van der Waals surface area contributed by atoms with E-state index in [0.717, 1.165) is 30.7 Å². The van der Waals surface area contributed by atoms with E-state index >= 15 is 0 Å². The second-order valence-electron chi connectivity index (χ2n) is 5.22. The summed E-state index contributed by atoms with van der Waals surface area (Å²) in [6.45, 7) is 3.11. The zero-order chi connectivity index (χ0) is 12.8. The van der Waals surface area contributed by atoms with E-state index in [-0.39, 0.29) is 0 Å². The molecule has 2 nitrogen and oxygen atoms in total. The van der Waals surface area contributed by atoms with Crippen LogP contribution in [0.4, 0.5) is 0 Å². The highest BCUT2D eigenvalue weighted by atomic mass is 35.5. The second-order valence-corrected chi connectivity index (χ2v) is 5.66. The molecule has 18 heavy (non-hydrogen) atoms. The van der Waals surface area contributed by atoms with Crippen LogP contribution in [-0.4, -0.2) is 31.1 Å². The Bertz CT molecular complexity index is 344. The minimum Gasteiger partial charge on any atom is -0.311 e. The summed E-state index contributed by atoms with van der Waals surface area (Å²) in [5.41, 5.74) is 1.29. The van der Waals surface area contributed by atoms with Crippen molar-refractivity contribution in [3.05, 3.63) is 34.9 Å². The fourth-order valence-electron chi connectivity index (χ4n) is 2.62.